The van der Waals surface area contributed by atoms with Crippen LogP contribution in [0.2, 0.25) is 0 Å². The van der Waals surface area contributed by atoms with Crippen LogP contribution in [0.3, 0.4) is 0 Å². The average Bonchev–Trinajstić information content (AvgIpc) is 2.30. The van der Waals surface area contributed by atoms with E-state index in [0.717, 1.165) is 12.1 Å². The number of carbonyl (C=O) groups excluding carboxylic acids is 2. The topological polar surface area (TPSA) is 58.2 Å². The summed E-state index contributed by atoms with van der Waals surface area (Å²) in [5, 5.41) is 5.49. The van der Waals surface area contributed by atoms with Gasteiger partial charge < -0.3 is 10.6 Å². The van der Waals surface area contributed by atoms with Crippen LogP contribution in [0.5, 0.6) is 0 Å². The van der Waals surface area contributed by atoms with Gasteiger partial charge in [-0.2, -0.15) is 0 Å². The summed E-state index contributed by atoms with van der Waals surface area (Å²) in [6.07, 6.45) is 1.33. The van der Waals surface area contributed by atoms with Crippen molar-refractivity contribution in [3.63, 3.8) is 0 Å². The molecule has 0 heterocycles. The van der Waals surface area contributed by atoms with Gasteiger partial charge >= 0.3 is 0 Å². The number of carbonyl (C=O) groups is 2. The van der Waals surface area contributed by atoms with Gasteiger partial charge in [-0.05, 0) is 37.6 Å². The molecular formula is C13H18N2O2. The molecule has 0 saturated heterocycles. The number of hydrogen-bond donors (Lipinski definition) is 2. The van der Waals surface area contributed by atoms with E-state index < -0.39 is 0 Å². The summed E-state index contributed by atoms with van der Waals surface area (Å²) in [5.41, 5.74) is 1.32. The monoisotopic (exact) mass is 234 g/mol. The van der Waals surface area contributed by atoms with Crippen molar-refractivity contribution >= 4 is 17.5 Å². The third-order valence-corrected chi connectivity index (χ3v) is 2.25. The van der Waals surface area contributed by atoms with Crippen LogP contribution >= 0.6 is 0 Å². The molecule has 0 aliphatic rings. The molecule has 4 heteroatoms. The van der Waals surface area contributed by atoms with E-state index in [9.17, 15) is 9.59 Å². The second-order valence-electron chi connectivity index (χ2n) is 3.73. The summed E-state index contributed by atoms with van der Waals surface area (Å²) in [6, 6.07) is 6.87. The first kappa shape index (κ1) is 13.2. The van der Waals surface area contributed by atoms with Crippen molar-refractivity contribution in [2.75, 3.05) is 11.9 Å². The minimum absolute atomic E-state index is 0.00161. The zero-order chi connectivity index (χ0) is 12.7. The molecule has 2 N–H and O–H groups in total. The molecule has 1 aromatic carbocycles. The highest BCUT2D eigenvalue weighted by Gasteiger charge is 2.04. The highest BCUT2D eigenvalue weighted by Crippen LogP contribution is 2.10. The molecule has 0 aliphatic heterocycles. The maximum Gasteiger partial charge on any atom is 0.251 e. The zero-order valence-corrected chi connectivity index (χ0v) is 10.2. The van der Waals surface area contributed by atoms with Crippen molar-refractivity contribution in [1.82, 2.24) is 5.32 Å². The molecule has 1 aromatic rings. The summed E-state index contributed by atoms with van der Waals surface area (Å²) in [5.74, 6) is -0.0998. The summed E-state index contributed by atoms with van der Waals surface area (Å²) in [6.45, 7) is 4.43. The Morgan fingerprint density at radius 2 is 1.76 bits per heavy atom. The molecule has 92 valence electrons. The van der Waals surface area contributed by atoms with Crippen molar-refractivity contribution in [2.24, 2.45) is 0 Å². The summed E-state index contributed by atoms with van der Waals surface area (Å²) < 4.78 is 0. The summed E-state index contributed by atoms with van der Waals surface area (Å²) >= 11 is 0. The van der Waals surface area contributed by atoms with Crippen molar-refractivity contribution < 1.29 is 9.59 Å². The van der Waals surface area contributed by atoms with Gasteiger partial charge in [0, 0.05) is 24.2 Å². The Morgan fingerprint density at radius 3 is 2.29 bits per heavy atom. The van der Waals surface area contributed by atoms with Crippen LogP contribution < -0.4 is 10.6 Å². The van der Waals surface area contributed by atoms with Gasteiger partial charge in [0.1, 0.15) is 0 Å². The van der Waals surface area contributed by atoms with E-state index in [0.29, 0.717) is 18.5 Å². The van der Waals surface area contributed by atoms with Gasteiger partial charge in [-0.25, -0.2) is 0 Å². The lowest BCUT2D eigenvalue weighted by Gasteiger charge is -2.06. The van der Waals surface area contributed by atoms with E-state index in [-0.39, 0.29) is 11.8 Å². The first-order valence-electron chi connectivity index (χ1n) is 5.85. The average molecular weight is 234 g/mol. The van der Waals surface area contributed by atoms with E-state index in [1.807, 2.05) is 13.8 Å². The molecule has 1 rings (SSSR count). The Balaban J connectivity index is 2.61. The molecule has 0 spiro atoms. The van der Waals surface area contributed by atoms with Gasteiger partial charge in [-0.15, -0.1) is 0 Å². The maximum atomic E-state index is 11.5. The fourth-order valence-electron chi connectivity index (χ4n) is 1.42. The van der Waals surface area contributed by atoms with Crippen LogP contribution in [0.4, 0.5) is 5.69 Å². The molecule has 0 radical (unpaired) electrons. The lowest BCUT2D eigenvalue weighted by atomic mass is 10.2. The fourth-order valence-corrected chi connectivity index (χ4v) is 1.42. The highest BCUT2D eigenvalue weighted by molar-refractivity contribution is 5.95. The van der Waals surface area contributed by atoms with Crippen molar-refractivity contribution in [3.8, 4) is 0 Å². The van der Waals surface area contributed by atoms with Gasteiger partial charge in [0.2, 0.25) is 5.91 Å². The first-order valence-corrected chi connectivity index (χ1v) is 5.85. The molecule has 4 nitrogen and oxygen atoms in total. The summed E-state index contributed by atoms with van der Waals surface area (Å²) in [7, 11) is 0. The van der Waals surface area contributed by atoms with Gasteiger partial charge in [0.15, 0.2) is 0 Å². The fraction of sp³-hybridized carbons (Fsp3) is 0.385. The van der Waals surface area contributed by atoms with Gasteiger partial charge in [0.05, 0.1) is 0 Å². The number of nitrogens with one attached hydrogen (secondary N) is 2. The molecule has 2 amide bonds. The predicted octanol–water partition coefficient (Wildman–Crippen LogP) is 2.17. The van der Waals surface area contributed by atoms with Gasteiger partial charge in [-0.1, -0.05) is 6.92 Å². The third-order valence-electron chi connectivity index (χ3n) is 2.25. The largest absolute Gasteiger partial charge is 0.352 e. The number of amides is 2. The van der Waals surface area contributed by atoms with Crippen LogP contribution in [0.15, 0.2) is 24.3 Å². The standard InChI is InChI=1S/C13H18N2O2/c1-3-5-12(16)15-11-8-6-10(7-9-11)13(17)14-4-2/h6-9H,3-5H2,1-2H3,(H,14,17)(H,15,16). The zero-order valence-electron chi connectivity index (χ0n) is 10.2. The molecule has 0 atom stereocenters. The van der Waals surface area contributed by atoms with Crippen molar-refractivity contribution in [3.05, 3.63) is 29.8 Å². The molecule has 0 aliphatic carbocycles. The minimum Gasteiger partial charge on any atom is -0.352 e. The van der Waals surface area contributed by atoms with Crippen LogP contribution in [-0.2, 0) is 4.79 Å². The Hall–Kier alpha value is -1.84. The Morgan fingerprint density at radius 1 is 1.12 bits per heavy atom. The van der Waals surface area contributed by atoms with E-state index in [4.69, 9.17) is 0 Å². The maximum absolute atomic E-state index is 11.5. The quantitative estimate of drug-likeness (QED) is 0.820. The van der Waals surface area contributed by atoms with Gasteiger partial charge in [0.25, 0.3) is 5.91 Å². The third kappa shape index (κ3) is 4.26. The van der Waals surface area contributed by atoms with Crippen LogP contribution in [0.25, 0.3) is 0 Å². The number of hydrogen-bond acceptors (Lipinski definition) is 2. The van der Waals surface area contributed by atoms with E-state index in [1.165, 1.54) is 0 Å². The second kappa shape index (κ2) is 6.68. The second-order valence-corrected chi connectivity index (χ2v) is 3.73. The van der Waals surface area contributed by atoms with Crippen LogP contribution in [0.1, 0.15) is 37.0 Å². The Kier molecular flexibility index (Phi) is 5.20. The molecule has 0 saturated carbocycles. The molecule has 0 aromatic heterocycles. The van der Waals surface area contributed by atoms with Crippen LogP contribution in [0, 0.1) is 0 Å². The molecule has 0 fully saturated rings. The molecular weight excluding hydrogens is 216 g/mol. The Bertz CT molecular complexity index is 385. The molecule has 17 heavy (non-hydrogen) atoms. The van der Waals surface area contributed by atoms with E-state index >= 15 is 0 Å². The van der Waals surface area contributed by atoms with Crippen molar-refractivity contribution in [2.45, 2.75) is 26.7 Å². The number of anilines is 1. The first-order chi connectivity index (χ1) is 8.17. The predicted molar refractivity (Wildman–Crippen MR) is 68.0 cm³/mol. The number of rotatable bonds is 5. The lowest BCUT2D eigenvalue weighted by Crippen LogP contribution is -2.22. The summed E-state index contributed by atoms with van der Waals surface area (Å²) in [4.78, 5) is 22.8. The highest BCUT2D eigenvalue weighted by atomic mass is 16.2. The van der Waals surface area contributed by atoms with Crippen LogP contribution in [-0.4, -0.2) is 18.4 Å². The SMILES string of the molecule is CCCC(=O)Nc1ccc(C(=O)NCC)cc1. The van der Waals surface area contributed by atoms with Gasteiger partial charge in [-0.3, -0.25) is 9.59 Å². The smallest absolute Gasteiger partial charge is 0.251 e. The molecule has 0 bridgehead atoms. The lowest BCUT2D eigenvalue weighted by molar-refractivity contribution is -0.116. The molecule has 0 unspecified atom stereocenters. The Labute approximate surface area is 101 Å². The minimum atomic E-state index is -0.0982. The normalized spacial score (nSPS) is 9.76. The van der Waals surface area contributed by atoms with E-state index in [2.05, 4.69) is 10.6 Å². The number of benzene rings is 1. The van der Waals surface area contributed by atoms with Crippen molar-refractivity contribution in [1.29, 1.82) is 0 Å². The van der Waals surface area contributed by atoms with E-state index in [1.54, 1.807) is 24.3 Å².